The number of hydrogen-bond acceptors (Lipinski definition) is 1. The molecule has 0 fully saturated rings. The Hall–Kier alpha value is -1.26. The molecular formula is C14H17N. The second kappa shape index (κ2) is 4.51. The van der Waals surface area contributed by atoms with Crippen LogP contribution in [0.25, 0.3) is 0 Å². The molecule has 15 heavy (non-hydrogen) atoms. The lowest BCUT2D eigenvalue weighted by molar-refractivity contribution is 0.435. The van der Waals surface area contributed by atoms with E-state index in [0.717, 1.165) is 6.54 Å². The smallest absolute Gasteiger partial charge is 0.0581 e. The van der Waals surface area contributed by atoms with Gasteiger partial charge in [0.25, 0.3) is 0 Å². The number of nitrogens with one attached hydrogen (secondary N) is 1. The van der Waals surface area contributed by atoms with Crippen LogP contribution in [0.1, 0.15) is 31.0 Å². The SMILES string of the molecule is CC#CCNC1c2ccccc2CC1C. The van der Waals surface area contributed by atoms with Gasteiger partial charge in [-0.25, -0.2) is 0 Å². The highest BCUT2D eigenvalue weighted by atomic mass is 14.9. The van der Waals surface area contributed by atoms with E-state index in [1.165, 1.54) is 17.5 Å². The Morgan fingerprint density at radius 2 is 2.20 bits per heavy atom. The van der Waals surface area contributed by atoms with Gasteiger partial charge in [0, 0.05) is 6.04 Å². The molecule has 2 unspecified atom stereocenters. The van der Waals surface area contributed by atoms with Crippen molar-refractivity contribution >= 4 is 0 Å². The molecule has 0 saturated carbocycles. The lowest BCUT2D eigenvalue weighted by Gasteiger charge is -2.16. The lowest BCUT2D eigenvalue weighted by atomic mass is 10.0. The molecular weight excluding hydrogens is 182 g/mol. The van der Waals surface area contributed by atoms with Crippen molar-refractivity contribution in [2.24, 2.45) is 5.92 Å². The predicted octanol–water partition coefficient (Wildman–Crippen LogP) is 2.53. The van der Waals surface area contributed by atoms with E-state index in [0.29, 0.717) is 12.0 Å². The Bertz CT molecular complexity index is 397. The normalized spacial score (nSPS) is 23.1. The monoisotopic (exact) mass is 199 g/mol. The molecule has 0 heterocycles. The zero-order valence-electron chi connectivity index (χ0n) is 9.38. The van der Waals surface area contributed by atoms with Crippen LogP contribution >= 0.6 is 0 Å². The van der Waals surface area contributed by atoms with Crippen LogP contribution in [0.15, 0.2) is 24.3 Å². The van der Waals surface area contributed by atoms with Gasteiger partial charge in [0.1, 0.15) is 0 Å². The van der Waals surface area contributed by atoms with Crippen molar-refractivity contribution in [2.45, 2.75) is 26.3 Å². The molecule has 0 saturated heterocycles. The molecule has 1 aromatic rings. The van der Waals surface area contributed by atoms with Crippen molar-refractivity contribution < 1.29 is 0 Å². The van der Waals surface area contributed by atoms with Crippen molar-refractivity contribution in [3.05, 3.63) is 35.4 Å². The number of benzene rings is 1. The summed E-state index contributed by atoms with van der Waals surface area (Å²) < 4.78 is 0. The maximum Gasteiger partial charge on any atom is 0.0581 e. The Kier molecular flexibility index (Phi) is 3.08. The van der Waals surface area contributed by atoms with Gasteiger partial charge in [-0.05, 0) is 30.4 Å². The van der Waals surface area contributed by atoms with Crippen LogP contribution < -0.4 is 5.32 Å². The van der Waals surface area contributed by atoms with E-state index < -0.39 is 0 Å². The molecule has 1 nitrogen and oxygen atoms in total. The van der Waals surface area contributed by atoms with Crippen molar-refractivity contribution in [1.82, 2.24) is 5.32 Å². The predicted molar refractivity (Wildman–Crippen MR) is 63.5 cm³/mol. The highest BCUT2D eigenvalue weighted by Gasteiger charge is 2.27. The molecule has 1 aromatic carbocycles. The first-order valence-corrected chi connectivity index (χ1v) is 5.53. The van der Waals surface area contributed by atoms with Gasteiger partial charge in [-0.3, -0.25) is 5.32 Å². The van der Waals surface area contributed by atoms with Gasteiger partial charge in [-0.1, -0.05) is 37.1 Å². The van der Waals surface area contributed by atoms with E-state index in [1.807, 2.05) is 6.92 Å². The first-order valence-electron chi connectivity index (χ1n) is 5.53. The molecule has 1 heteroatoms. The summed E-state index contributed by atoms with van der Waals surface area (Å²) in [5.41, 5.74) is 2.95. The van der Waals surface area contributed by atoms with Gasteiger partial charge in [-0.2, -0.15) is 0 Å². The maximum absolute atomic E-state index is 3.51. The maximum atomic E-state index is 3.51. The van der Waals surface area contributed by atoms with Crippen LogP contribution in [0.5, 0.6) is 0 Å². The summed E-state index contributed by atoms with van der Waals surface area (Å²) in [6.45, 7) is 4.98. The molecule has 2 rings (SSSR count). The molecule has 1 aliphatic carbocycles. The molecule has 0 aliphatic heterocycles. The third-order valence-corrected chi connectivity index (χ3v) is 3.09. The van der Waals surface area contributed by atoms with Crippen molar-refractivity contribution in [3.8, 4) is 11.8 Å². The van der Waals surface area contributed by atoms with Gasteiger partial charge >= 0.3 is 0 Å². The first kappa shape index (κ1) is 10.3. The van der Waals surface area contributed by atoms with Crippen molar-refractivity contribution in [2.75, 3.05) is 6.54 Å². The first-order chi connectivity index (χ1) is 7.33. The summed E-state index contributed by atoms with van der Waals surface area (Å²) in [5.74, 6) is 6.66. The average Bonchev–Trinajstić information content (AvgIpc) is 2.56. The van der Waals surface area contributed by atoms with Gasteiger partial charge in [0.05, 0.1) is 6.54 Å². The van der Waals surface area contributed by atoms with Crippen molar-refractivity contribution in [1.29, 1.82) is 0 Å². The van der Waals surface area contributed by atoms with E-state index in [9.17, 15) is 0 Å². The Balaban J connectivity index is 2.13. The summed E-state index contributed by atoms with van der Waals surface area (Å²) in [5, 5.41) is 3.51. The van der Waals surface area contributed by atoms with E-state index >= 15 is 0 Å². The third-order valence-electron chi connectivity index (χ3n) is 3.09. The highest BCUT2D eigenvalue weighted by molar-refractivity contribution is 5.35. The van der Waals surface area contributed by atoms with Gasteiger partial charge in [-0.15, -0.1) is 5.92 Å². The Morgan fingerprint density at radius 1 is 1.40 bits per heavy atom. The van der Waals surface area contributed by atoms with Crippen LogP contribution in [-0.2, 0) is 6.42 Å². The largest absolute Gasteiger partial charge is 0.299 e. The minimum absolute atomic E-state index is 0.488. The van der Waals surface area contributed by atoms with Crippen LogP contribution in [0.2, 0.25) is 0 Å². The van der Waals surface area contributed by atoms with Gasteiger partial charge < -0.3 is 0 Å². The van der Waals surface area contributed by atoms with E-state index in [1.54, 1.807) is 0 Å². The zero-order valence-corrected chi connectivity index (χ0v) is 9.38. The quantitative estimate of drug-likeness (QED) is 0.722. The van der Waals surface area contributed by atoms with Crippen molar-refractivity contribution in [3.63, 3.8) is 0 Å². The molecule has 2 atom stereocenters. The summed E-state index contributed by atoms with van der Waals surface area (Å²) in [6, 6.07) is 9.20. The lowest BCUT2D eigenvalue weighted by Crippen LogP contribution is -2.24. The zero-order chi connectivity index (χ0) is 10.7. The van der Waals surface area contributed by atoms with Gasteiger partial charge in [0.15, 0.2) is 0 Å². The molecule has 0 aromatic heterocycles. The fourth-order valence-electron chi connectivity index (χ4n) is 2.36. The van der Waals surface area contributed by atoms with Crippen LogP contribution in [-0.4, -0.2) is 6.54 Å². The summed E-state index contributed by atoms with van der Waals surface area (Å²) in [7, 11) is 0. The molecule has 1 N–H and O–H groups in total. The molecule has 0 radical (unpaired) electrons. The fraction of sp³-hybridized carbons (Fsp3) is 0.429. The number of fused-ring (bicyclic) bond motifs is 1. The minimum atomic E-state index is 0.488. The Labute approximate surface area is 91.9 Å². The topological polar surface area (TPSA) is 12.0 Å². The van der Waals surface area contributed by atoms with Crippen LogP contribution in [0.4, 0.5) is 0 Å². The summed E-state index contributed by atoms with van der Waals surface area (Å²) >= 11 is 0. The summed E-state index contributed by atoms with van der Waals surface area (Å²) in [4.78, 5) is 0. The highest BCUT2D eigenvalue weighted by Crippen LogP contribution is 2.35. The third kappa shape index (κ3) is 2.06. The molecule has 0 spiro atoms. The second-order valence-electron chi connectivity index (χ2n) is 4.17. The Morgan fingerprint density at radius 3 is 3.00 bits per heavy atom. The molecule has 0 amide bonds. The molecule has 78 valence electrons. The van der Waals surface area contributed by atoms with E-state index in [2.05, 4.69) is 48.3 Å². The molecule has 0 bridgehead atoms. The minimum Gasteiger partial charge on any atom is -0.299 e. The van der Waals surface area contributed by atoms with E-state index in [-0.39, 0.29) is 0 Å². The standard InChI is InChI=1S/C14H17N/c1-3-4-9-15-14-11(2)10-12-7-5-6-8-13(12)14/h5-8,11,14-15H,9-10H2,1-2H3. The second-order valence-corrected chi connectivity index (χ2v) is 4.17. The summed E-state index contributed by atoms with van der Waals surface area (Å²) in [6.07, 6.45) is 1.19. The van der Waals surface area contributed by atoms with Crippen LogP contribution in [0, 0.1) is 17.8 Å². The molecule has 1 aliphatic rings. The van der Waals surface area contributed by atoms with Gasteiger partial charge in [0.2, 0.25) is 0 Å². The average molecular weight is 199 g/mol. The fourth-order valence-corrected chi connectivity index (χ4v) is 2.36. The number of hydrogen-bond donors (Lipinski definition) is 1. The number of rotatable bonds is 2. The van der Waals surface area contributed by atoms with Crippen LogP contribution in [0.3, 0.4) is 0 Å². The van der Waals surface area contributed by atoms with E-state index in [4.69, 9.17) is 0 Å².